The minimum Gasteiger partial charge on any atom is -0.318 e. The fourth-order valence-corrected chi connectivity index (χ4v) is 3.39. The number of rotatable bonds is 3. The number of fused-ring (bicyclic) bond motifs is 1. The first-order valence-electron chi connectivity index (χ1n) is 7.87. The van der Waals surface area contributed by atoms with Crippen LogP contribution in [0.15, 0.2) is 41.8 Å². The molecule has 0 atom stereocenters. The van der Waals surface area contributed by atoms with Gasteiger partial charge in [0.05, 0.1) is 21.3 Å². The molecule has 1 aromatic carbocycles. The van der Waals surface area contributed by atoms with E-state index in [4.69, 9.17) is 11.6 Å². The van der Waals surface area contributed by atoms with Crippen molar-refractivity contribution in [1.82, 2.24) is 19.6 Å². The molecule has 6 nitrogen and oxygen atoms in total. The molecule has 1 amide bonds. The molecule has 0 fully saturated rings. The minimum atomic E-state index is -4.76. The van der Waals surface area contributed by atoms with Crippen molar-refractivity contribution < 1.29 is 22.4 Å². The van der Waals surface area contributed by atoms with E-state index in [9.17, 15) is 22.4 Å². The van der Waals surface area contributed by atoms with Crippen LogP contribution in [0.1, 0.15) is 16.3 Å². The number of hydrogen-bond acceptors (Lipinski definition) is 5. The maximum Gasteiger partial charge on any atom is 0.433 e. The van der Waals surface area contributed by atoms with Gasteiger partial charge in [0.15, 0.2) is 5.69 Å². The Bertz CT molecular complexity index is 1220. The van der Waals surface area contributed by atoms with Gasteiger partial charge < -0.3 is 5.32 Å². The van der Waals surface area contributed by atoms with Gasteiger partial charge in [-0.3, -0.25) is 4.79 Å². The fourth-order valence-electron chi connectivity index (χ4n) is 2.49. The van der Waals surface area contributed by atoms with Crippen molar-refractivity contribution in [2.24, 2.45) is 0 Å². The molecular formula is C17H8ClF4N5OS. The standard InChI is InChI=1S/C17H8ClF4N5OS/c18-9-6-8(19)3-4-10(9)23-15(28)14-25-16-24-11(12-2-1-5-29-12)7-13(17(20,21)22)27(16)26-14/h1-7H,(H,23,28). The van der Waals surface area contributed by atoms with Crippen molar-refractivity contribution in [3.63, 3.8) is 0 Å². The molecule has 148 valence electrons. The predicted octanol–water partition coefficient (Wildman–Crippen LogP) is 4.92. The lowest BCUT2D eigenvalue weighted by Gasteiger charge is -2.09. The average Bonchev–Trinajstić information content (AvgIpc) is 3.31. The Kier molecular flexibility index (Phi) is 4.71. The van der Waals surface area contributed by atoms with Gasteiger partial charge >= 0.3 is 6.18 Å². The van der Waals surface area contributed by atoms with Crippen LogP contribution in [0.5, 0.6) is 0 Å². The molecule has 4 rings (SSSR count). The zero-order valence-corrected chi connectivity index (χ0v) is 15.6. The third kappa shape index (κ3) is 3.78. The fraction of sp³-hybridized carbons (Fsp3) is 0.0588. The Morgan fingerprint density at radius 1 is 1.17 bits per heavy atom. The molecule has 0 saturated heterocycles. The number of halogens is 5. The van der Waals surface area contributed by atoms with Crippen molar-refractivity contribution in [3.05, 3.63) is 64.1 Å². The lowest BCUT2D eigenvalue weighted by Crippen LogP contribution is -2.16. The summed E-state index contributed by atoms with van der Waals surface area (Å²) in [4.78, 5) is 20.8. The van der Waals surface area contributed by atoms with Gasteiger partial charge in [0.1, 0.15) is 5.82 Å². The lowest BCUT2D eigenvalue weighted by atomic mass is 10.3. The molecule has 12 heteroatoms. The van der Waals surface area contributed by atoms with Crippen LogP contribution in [0.3, 0.4) is 0 Å². The number of carbonyl (C=O) groups excluding carboxylic acids is 1. The van der Waals surface area contributed by atoms with Gasteiger partial charge in [-0.15, -0.1) is 16.4 Å². The molecule has 0 saturated carbocycles. The number of thiophene rings is 1. The Hall–Kier alpha value is -3.05. The van der Waals surface area contributed by atoms with Crippen LogP contribution in [0, 0.1) is 5.82 Å². The maximum atomic E-state index is 13.5. The molecule has 0 radical (unpaired) electrons. The molecule has 4 aromatic rings. The molecule has 29 heavy (non-hydrogen) atoms. The summed E-state index contributed by atoms with van der Waals surface area (Å²) in [5.41, 5.74) is -1.02. The normalized spacial score (nSPS) is 11.8. The first-order chi connectivity index (χ1) is 13.7. The smallest absolute Gasteiger partial charge is 0.318 e. The SMILES string of the molecule is O=C(Nc1ccc(F)cc1Cl)c1nc2nc(-c3cccs3)cc(C(F)(F)F)n2n1. The van der Waals surface area contributed by atoms with E-state index < -0.39 is 35.2 Å². The summed E-state index contributed by atoms with van der Waals surface area (Å²) >= 11 is 7.05. The van der Waals surface area contributed by atoms with Crippen LogP contribution in [-0.2, 0) is 6.18 Å². The molecule has 0 bridgehead atoms. The summed E-state index contributed by atoms with van der Waals surface area (Å²) < 4.78 is 54.1. The van der Waals surface area contributed by atoms with Crippen LogP contribution in [0.25, 0.3) is 16.3 Å². The summed E-state index contributed by atoms with van der Waals surface area (Å²) in [7, 11) is 0. The Morgan fingerprint density at radius 2 is 1.97 bits per heavy atom. The summed E-state index contributed by atoms with van der Waals surface area (Å²) in [6.07, 6.45) is -4.76. The highest BCUT2D eigenvalue weighted by atomic mass is 35.5. The van der Waals surface area contributed by atoms with E-state index in [2.05, 4.69) is 20.4 Å². The molecule has 0 aliphatic carbocycles. The number of aromatic nitrogens is 4. The van der Waals surface area contributed by atoms with Crippen LogP contribution in [0.2, 0.25) is 5.02 Å². The number of anilines is 1. The van der Waals surface area contributed by atoms with Crippen LogP contribution < -0.4 is 5.32 Å². The summed E-state index contributed by atoms with van der Waals surface area (Å²) in [5.74, 6) is -2.47. The van der Waals surface area contributed by atoms with E-state index in [0.717, 1.165) is 18.2 Å². The van der Waals surface area contributed by atoms with E-state index >= 15 is 0 Å². The molecule has 3 heterocycles. The average molecular weight is 442 g/mol. The van der Waals surface area contributed by atoms with E-state index in [1.54, 1.807) is 17.5 Å². The summed E-state index contributed by atoms with van der Waals surface area (Å²) in [6, 6.07) is 7.38. The maximum absolute atomic E-state index is 13.5. The van der Waals surface area contributed by atoms with Crippen molar-refractivity contribution in [2.45, 2.75) is 6.18 Å². The molecule has 0 unspecified atom stereocenters. The van der Waals surface area contributed by atoms with Gasteiger partial charge in [0, 0.05) is 0 Å². The monoisotopic (exact) mass is 441 g/mol. The molecule has 0 spiro atoms. The first kappa shape index (κ1) is 19.3. The lowest BCUT2D eigenvalue weighted by molar-refractivity contribution is -0.142. The van der Waals surface area contributed by atoms with Gasteiger partial charge in [-0.1, -0.05) is 17.7 Å². The predicted molar refractivity (Wildman–Crippen MR) is 98.5 cm³/mol. The molecular weight excluding hydrogens is 434 g/mol. The highest BCUT2D eigenvalue weighted by Crippen LogP contribution is 2.33. The van der Waals surface area contributed by atoms with Crippen LogP contribution in [0.4, 0.5) is 23.2 Å². The Balaban J connectivity index is 1.77. The minimum absolute atomic E-state index is 0.0557. The Morgan fingerprint density at radius 3 is 2.62 bits per heavy atom. The molecule has 1 N–H and O–H groups in total. The summed E-state index contributed by atoms with van der Waals surface area (Å²) in [5, 5.41) is 7.59. The number of alkyl halides is 3. The molecule has 0 aliphatic rings. The zero-order chi connectivity index (χ0) is 20.8. The van der Waals surface area contributed by atoms with Crippen molar-refractivity contribution in [1.29, 1.82) is 0 Å². The highest BCUT2D eigenvalue weighted by Gasteiger charge is 2.36. The first-order valence-corrected chi connectivity index (χ1v) is 9.13. The molecule has 3 aromatic heterocycles. The third-order valence-electron chi connectivity index (χ3n) is 3.76. The van der Waals surface area contributed by atoms with E-state index in [0.29, 0.717) is 9.39 Å². The quantitative estimate of drug-likeness (QED) is 0.458. The van der Waals surface area contributed by atoms with Crippen LogP contribution >= 0.6 is 22.9 Å². The topological polar surface area (TPSA) is 72.2 Å². The van der Waals surface area contributed by atoms with Gasteiger partial charge in [-0.05, 0) is 35.7 Å². The van der Waals surface area contributed by atoms with Gasteiger partial charge in [0.25, 0.3) is 11.7 Å². The highest BCUT2D eigenvalue weighted by molar-refractivity contribution is 7.13. The van der Waals surface area contributed by atoms with Crippen LogP contribution in [-0.4, -0.2) is 25.5 Å². The van der Waals surface area contributed by atoms with Gasteiger partial charge in [0.2, 0.25) is 5.82 Å². The number of carbonyl (C=O) groups is 1. The second-order valence-corrected chi connectivity index (χ2v) is 7.08. The van der Waals surface area contributed by atoms with Crippen molar-refractivity contribution in [3.8, 4) is 10.6 Å². The van der Waals surface area contributed by atoms with Gasteiger partial charge in [-0.25, -0.2) is 9.37 Å². The van der Waals surface area contributed by atoms with E-state index in [1.807, 2.05) is 0 Å². The van der Waals surface area contributed by atoms with Gasteiger partial charge in [-0.2, -0.15) is 22.7 Å². The largest absolute Gasteiger partial charge is 0.433 e. The number of nitrogens with zero attached hydrogens (tertiary/aromatic N) is 4. The Labute approximate surface area is 168 Å². The second kappa shape index (κ2) is 7.08. The summed E-state index contributed by atoms with van der Waals surface area (Å²) in [6.45, 7) is 0. The van der Waals surface area contributed by atoms with E-state index in [-0.39, 0.29) is 16.4 Å². The zero-order valence-electron chi connectivity index (χ0n) is 14.0. The van der Waals surface area contributed by atoms with E-state index in [1.165, 1.54) is 17.4 Å². The number of benzene rings is 1. The van der Waals surface area contributed by atoms with Crippen molar-refractivity contribution >= 4 is 40.3 Å². The second-order valence-electron chi connectivity index (χ2n) is 5.73. The number of amides is 1. The molecule has 0 aliphatic heterocycles. The third-order valence-corrected chi connectivity index (χ3v) is 4.96. The number of nitrogens with one attached hydrogen (secondary N) is 1. The van der Waals surface area contributed by atoms with Crippen molar-refractivity contribution in [2.75, 3.05) is 5.32 Å². The number of hydrogen-bond donors (Lipinski definition) is 1.